The number of aryl methyl sites for hydroxylation is 2. The van der Waals surface area contributed by atoms with E-state index in [-0.39, 0.29) is 11.5 Å². The predicted molar refractivity (Wildman–Crippen MR) is 79.5 cm³/mol. The minimum atomic E-state index is -1.49. The van der Waals surface area contributed by atoms with Crippen molar-refractivity contribution in [1.29, 1.82) is 0 Å². The first-order valence-corrected chi connectivity index (χ1v) is 8.18. The highest BCUT2D eigenvalue weighted by Crippen LogP contribution is 2.22. The van der Waals surface area contributed by atoms with Gasteiger partial charge in [0.1, 0.15) is 6.04 Å². The number of halogens is 1. The highest BCUT2D eigenvalue weighted by molar-refractivity contribution is 7.84. The van der Waals surface area contributed by atoms with Crippen molar-refractivity contribution in [3.8, 4) is 0 Å². The Balaban J connectivity index is 2.79. The lowest BCUT2D eigenvalue weighted by atomic mass is 10.3. The summed E-state index contributed by atoms with van der Waals surface area (Å²) in [5.74, 6) is -1.79. The average molecular weight is 336 g/mol. The van der Waals surface area contributed by atoms with Crippen LogP contribution in [0, 0.1) is 0 Å². The molecule has 0 aliphatic heterocycles. The van der Waals surface area contributed by atoms with Crippen LogP contribution in [-0.2, 0) is 39.6 Å². The van der Waals surface area contributed by atoms with E-state index < -0.39 is 28.7 Å². The van der Waals surface area contributed by atoms with Gasteiger partial charge in [-0.2, -0.15) is 5.10 Å². The summed E-state index contributed by atoms with van der Waals surface area (Å²) in [5, 5.41) is 15.9. The lowest BCUT2D eigenvalue weighted by Gasteiger charge is -2.12. The van der Waals surface area contributed by atoms with Gasteiger partial charge < -0.3 is 10.4 Å². The molecule has 0 saturated carbocycles. The Hall–Kier alpha value is -1.41. The molecular weight excluding hydrogens is 318 g/mol. The van der Waals surface area contributed by atoms with Crippen LogP contribution >= 0.6 is 11.6 Å². The maximum Gasteiger partial charge on any atom is 0.327 e. The molecule has 0 saturated heterocycles. The lowest BCUT2D eigenvalue weighted by Crippen LogP contribution is -2.43. The number of rotatable bonds is 7. The maximum atomic E-state index is 12.1. The van der Waals surface area contributed by atoms with Crippen molar-refractivity contribution in [3.05, 3.63) is 16.4 Å². The Morgan fingerprint density at radius 1 is 1.52 bits per heavy atom. The highest BCUT2D eigenvalue weighted by atomic mass is 35.5. The van der Waals surface area contributed by atoms with E-state index in [0.717, 1.165) is 0 Å². The van der Waals surface area contributed by atoms with Crippen LogP contribution in [0.4, 0.5) is 0 Å². The fourth-order valence-corrected chi connectivity index (χ4v) is 3.59. The fraction of sp³-hybridized carbons (Fsp3) is 0.583. The fourth-order valence-electron chi connectivity index (χ4n) is 1.79. The van der Waals surface area contributed by atoms with Crippen LogP contribution in [0.5, 0.6) is 0 Å². The van der Waals surface area contributed by atoms with Crippen LogP contribution in [0.15, 0.2) is 0 Å². The Labute approximate surface area is 130 Å². The molecular formula is C12H18ClN3O4S. The van der Waals surface area contributed by atoms with E-state index in [1.807, 2.05) is 6.92 Å². The molecule has 1 aromatic heterocycles. The third kappa shape index (κ3) is 4.82. The van der Waals surface area contributed by atoms with Gasteiger partial charge in [0.2, 0.25) is 5.91 Å². The Bertz CT molecular complexity index is 573. The number of aliphatic carboxylic acids is 1. The normalized spacial score (nSPS) is 13.7. The van der Waals surface area contributed by atoms with Crippen molar-refractivity contribution in [1.82, 2.24) is 15.1 Å². The second kappa shape index (κ2) is 7.56. The second-order valence-electron chi connectivity index (χ2n) is 4.53. The van der Waals surface area contributed by atoms with Gasteiger partial charge in [-0.1, -0.05) is 18.5 Å². The molecule has 0 aliphatic rings. The zero-order valence-electron chi connectivity index (χ0n) is 12.1. The number of aromatic nitrogens is 2. The average Bonchev–Trinajstić information content (AvgIpc) is 2.64. The topological polar surface area (TPSA) is 101 Å². The number of nitrogens with zero attached hydrogens (tertiary/aromatic N) is 2. The molecule has 1 amide bonds. The summed E-state index contributed by atoms with van der Waals surface area (Å²) in [6.45, 7) is 3.12. The number of hydrogen-bond acceptors (Lipinski definition) is 4. The van der Waals surface area contributed by atoms with Gasteiger partial charge in [0, 0.05) is 24.8 Å². The molecule has 0 bridgehead atoms. The van der Waals surface area contributed by atoms with Crippen LogP contribution in [0.3, 0.4) is 0 Å². The molecule has 21 heavy (non-hydrogen) atoms. The van der Waals surface area contributed by atoms with Crippen LogP contribution in [0.1, 0.15) is 25.2 Å². The molecule has 1 heterocycles. The van der Waals surface area contributed by atoms with Gasteiger partial charge in [-0.05, 0) is 6.42 Å². The summed E-state index contributed by atoms with van der Waals surface area (Å²) in [4.78, 5) is 22.0. The van der Waals surface area contributed by atoms with E-state index in [4.69, 9.17) is 16.7 Å². The molecule has 2 N–H and O–H groups in total. The molecule has 1 aromatic rings. The largest absolute Gasteiger partial charge is 0.480 e. The van der Waals surface area contributed by atoms with Gasteiger partial charge >= 0.3 is 5.97 Å². The third-order valence-electron chi connectivity index (χ3n) is 2.83. The van der Waals surface area contributed by atoms with Crippen molar-refractivity contribution >= 4 is 34.3 Å². The van der Waals surface area contributed by atoms with Crippen LogP contribution < -0.4 is 5.32 Å². The van der Waals surface area contributed by atoms with Gasteiger partial charge in [-0.25, -0.2) is 4.79 Å². The van der Waals surface area contributed by atoms with E-state index in [1.54, 1.807) is 11.7 Å². The molecule has 9 heteroatoms. The summed E-state index contributed by atoms with van der Waals surface area (Å²) in [5.41, 5.74) is 1.31. The molecule has 7 nitrogen and oxygen atoms in total. The Morgan fingerprint density at radius 2 is 2.14 bits per heavy atom. The molecule has 2 unspecified atom stereocenters. The minimum Gasteiger partial charge on any atom is -0.480 e. The van der Waals surface area contributed by atoms with Gasteiger partial charge in [0.05, 0.1) is 27.9 Å². The summed E-state index contributed by atoms with van der Waals surface area (Å²) in [7, 11) is 0.206. The van der Waals surface area contributed by atoms with Crippen molar-refractivity contribution in [2.24, 2.45) is 7.05 Å². The predicted octanol–water partition coefficient (Wildman–Crippen LogP) is 0.474. The lowest BCUT2D eigenvalue weighted by molar-refractivity contribution is -0.140. The zero-order chi connectivity index (χ0) is 16.2. The molecule has 0 aliphatic carbocycles. The SMILES string of the molecule is CCc1nn(C)c(CS(=O)CC(NC(C)=O)C(=O)O)c1Cl. The number of carboxylic acid groups (broad SMARTS) is 1. The molecule has 0 aromatic carbocycles. The van der Waals surface area contributed by atoms with Crippen molar-refractivity contribution in [3.63, 3.8) is 0 Å². The molecule has 0 spiro atoms. The number of carbonyl (C=O) groups excluding carboxylic acids is 1. The van der Waals surface area contributed by atoms with Crippen LogP contribution in [-0.4, -0.2) is 42.8 Å². The van der Waals surface area contributed by atoms with Gasteiger partial charge in [-0.3, -0.25) is 13.7 Å². The summed E-state index contributed by atoms with van der Waals surface area (Å²) in [6.07, 6.45) is 0.656. The number of amides is 1. The monoisotopic (exact) mass is 335 g/mol. The molecule has 0 fully saturated rings. The van der Waals surface area contributed by atoms with E-state index >= 15 is 0 Å². The molecule has 118 valence electrons. The van der Waals surface area contributed by atoms with Gasteiger partial charge in [-0.15, -0.1) is 0 Å². The quantitative estimate of drug-likeness (QED) is 0.754. The van der Waals surface area contributed by atoms with Gasteiger partial charge in [0.15, 0.2) is 0 Å². The summed E-state index contributed by atoms with van der Waals surface area (Å²) >= 11 is 6.15. The number of carboxylic acids is 1. The maximum absolute atomic E-state index is 12.1. The van der Waals surface area contributed by atoms with E-state index in [2.05, 4.69) is 10.4 Å². The van der Waals surface area contributed by atoms with E-state index in [0.29, 0.717) is 22.8 Å². The Morgan fingerprint density at radius 3 is 2.57 bits per heavy atom. The summed E-state index contributed by atoms with van der Waals surface area (Å²) < 4.78 is 13.7. The molecule has 0 radical (unpaired) electrons. The van der Waals surface area contributed by atoms with Crippen molar-refractivity contribution < 1.29 is 18.9 Å². The number of nitrogens with one attached hydrogen (secondary N) is 1. The highest BCUT2D eigenvalue weighted by Gasteiger charge is 2.23. The van der Waals surface area contributed by atoms with Crippen molar-refractivity contribution in [2.75, 3.05) is 5.75 Å². The van der Waals surface area contributed by atoms with E-state index in [9.17, 15) is 13.8 Å². The molecule has 1 rings (SSSR count). The first kappa shape index (κ1) is 17.6. The third-order valence-corrected chi connectivity index (χ3v) is 4.57. The van der Waals surface area contributed by atoms with Crippen LogP contribution in [0.25, 0.3) is 0 Å². The smallest absolute Gasteiger partial charge is 0.327 e. The minimum absolute atomic E-state index is 0.0890. The number of carbonyl (C=O) groups is 2. The number of hydrogen-bond donors (Lipinski definition) is 2. The molecule has 2 atom stereocenters. The second-order valence-corrected chi connectivity index (χ2v) is 6.41. The van der Waals surface area contributed by atoms with Gasteiger partial charge in [0.25, 0.3) is 0 Å². The van der Waals surface area contributed by atoms with E-state index in [1.165, 1.54) is 6.92 Å². The zero-order valence-corrected chi connectivity index (χ0v) is 13.6. The Kier molecular flexibility index (Phi) is 6.35. The standard InChI is InChI=1S/C12H18ClN3O4S/c1-4-8-11(13)10(16(3)15-8)6-21(20)5-9(12(18)19)14-7(2)17/h9H,4-6H2,1-3H3,(H,14,17)(H,18,19). The summed E-state index contributed by atoms with van der Waals surface area (Å²) in [6, 6.07) is -1.18. The first-order chi connectivity index (χ1) is 9.76. The first-order valence-electron chi connectivity index (χ1n) is 6.31. The van der Waals surface area contributed by atoms with Crippen molar-refractivity contribution in [2.45, 2.75) is 32.1 Å². The van der Waals surface area contributed by atoms with Crippen LogP contribution in [0.2, 0.25) is 5.02 Å².